The summed E-state index contributed by atoms with van der Waals surface area (Å²) in [7, 11) is 0. The fourth-order valence-corrected chi connectivity index (χ4v) is 11.0. The van der Waals surface area contributed by atoms with Crippen molar-refractivity contribution in [3.05, 3.63) is 272 Å². The predicted octanol–water partition coefficient (Wildman–Crippen LogP) is 15.6. The summed E-state index contributed by atoms with van der Waals surface area (Å²) in [5, 5.41) is 4.61. The van der Waals surface area contributed by atoms with Gasteiger partial charge in [-0.15, -0.1) is 0 Å². The van der Waals surface area contributed by atoms with E-state index < -0.39 is 0 Å². The molecule has 0 aliphatic heterocycles. The zero-order chi connectivity index (χ0) is 46.1. The molecule has 0 bridgehead atoms. The number of aromatic nitrogens is 4. The van der Waals surface area contributed by atoms with Gasteiger partial charge in [-0.2, -0.15) is 0 Å². The van der Waals surface area contributed by atoms with E-state index in [-0.39, 0.29) is 5.92 Å². The number of hydrogen-bond donors (Lipinski definition) is 0. The second-order valence-corrected chi connectivity index (χ2v) is 18.0. The van der Waals surface area contributed by atoms with Gasteiger partial charge in [0.15, 0.2) is 0 Å². The largest absolute Gasteiger partial charge is 0.458 e. The zero-order valence-electron chi connectivity index (χ0n) is 37.9. The number of benzene rings is 10. The van der Waals surface area contributed by atoms with Crippen LogP contribution < -0.4 is 9.30 Å². The number of imidazole rings is 1. The molecule has 14 rings (SSSR count). The summed E-state index contributed by atoms with van der Waals surface area (Å²) in [5.41, 5.74) is 17.2. The van der Waals surface area contributed by atoms with Crippen LogP contribution in [0.3, 0.4) is 0 Å². The highest BCUT2D eigenvalue weighted by Gasteiger charge is 2.32. The summed E-state index contributed by atoms with van der Waals surface area (Å²) < 4.78 is 13.5. The third kappa shape index (κ3) is 6.40. The molecular formula is C65H42N4O. The van der Waals surface area contributed by atoms with E-state index in [0.717, 1.165) is 89.2 Å². The third-order valence-corrected chi connectivity index (χ3v) is 14.1. The molecule has 0 fully saturated rings. The van der Waals surface area contributed by atoms with Crippen LogP contribution >= 0.6 is 0 Å². The van der Waals surface area contributed by atoms with Crippen LogP contribution in [0.1, 0.15) is 22.6 Å². The molecule has 1 aliphatic carbocycles. The number of nitrogens with zero attached hydrogens (tertiary/aromatic N) is 4. The number of para-hydroxylation sites is 1. The van der Waals surface area contributed by atoms with Crippen molar-refractivity contribution >= 4 is 43.6 Å². The molecule has 3 aromatic heterocycles. The van der Waals surface area contributed by atoms with E-state index in [4.69, 9.17) is 9.72 Å². The zero-order valence-corrected chi connectivity index (χ0v) is 37.9. The lowest BCUT2D eigenvalue weighted by atomic mass is 9.84. The number of rotatable bonds is 8. The molecule has 70 heavy (non-hydrogen) atoms. The Kier molecular flexibility index (Phi) is 9.20. The standard InChI is InChI=1S/C65H42N4O/c1-3-18-43(19-4-1)57-38-46(63-55-29-11-9-26-51(55)52-27-10-12-30-56(52)63)39-58(44-20-5-2-6-21-44)64(57)68-42-67(60-36-33-45-22-7-8-25-50(45)65(60)68)47-23-17-24-48(40-47)70-49-34-35-54-53-28-13-14-31-59(53)69(61(54)41-49)62-32-15-16-37-66-62/h1-41,63H. The average molecular weight is 895 g/mol. The Bertz CT molecular complexity index is 4050. The van der Waals surface area contributed by atoms with Crippen LogP contribution in [0.15, 0.2) is 249 Å². The average Bonchev–Trinajstić information content (AvgIpc) is 4.10. The number of pyridine rings is 1. The van der Waals surface area contributed by atoms with Gasteiger partial charge in [-0.25, -0.2) is 4.98 Å². The first-order valence-electron chi connectivity index (χ1n) is 23.8. The minimum Gasteiger partial charge on any atom is -0.458 e. The van der Waals surface area contributed by atoms with Crippen LogP contribution in [0.4, 0.5) is 0 Å². The smallest absolute Gasteiger partial charge is 0.269 e. The quantitative estimate of drug-likeness (QED) is 0.113. The van der Waals surface area contributed by atoms with Gasteiger partial charge < -0.3 is 4.74 Å². The van der Waals surface area contributed by atoms with E-state index in [1.807, 2.05) is 30.5 Å². The second-order valence-electron chi connectivity index (χ2n) is 18.0. The number of hydrogen-bond acceptors (Lipinski definition) is 2. The molecule has 0 saturated carbocycles. The molecule has 0 atom stereocenters. The minimum atomic E-state index is 0.0596. The van der Waals surface area contributed by atoms with Gasteiger partial charge in [-0.3, -0.25) is 13.7 Å². The predicted molar refractivity (Wildman–Crippen MR) is 283 cm³/mol. The molecule has 0 radical (unpaired) electrons. The first-order chi connectivity index (χ1) is 34.7. The maximum absolute atomic E-state index is 6.81. The summed E-state index contributed by atoms with van der Waals surface area (Å²) in [5.74, 6) is 2.37. The Balaban J connectivity index is 0.975. The molecule has 0 spiro atoms. The van der Waals surface area contributed by atoms with Gasteiger partial charge in [0.05, 0.1) is 33.4 Å². The van der Waals surface area contributed by atoms with E-state index in [2.05, 4.69) is 238 Å². The van der Waals surface area contributed by atoms with Crippen molar-refractivity contribution in [1.82, 2.24) is 14.1 Å². The van der Waals surface area contributed by atoms with Crippen molar-refractivity contribution in [3.63, 3.8) is 0 Å². The Labute approximate surface area is 405 Å². The summed E-state index contributed by atoms with van der Waals surface area (Å²) in [6, 6.07) is 86.7. The lowest BCUT2D eigenvalue weighted by molar-refractivity contribution is -0.570. The van der Waals surface area contributed by atoms with Crippen LogP contribution in [0, 0.1) is 6.33 Å². The van der Waals surface area contributed by atoms with E-state index >= 15 is 0 Å². The first kappa shape index (κ1) is 39.8. The summed E-state index contributed by atoms with van der Waals surface area (Å²) in [6.07, 6.45) is 5.82. The Morgan fingerprint density at radius 1 is 0.443 bits per heavy atom. The van der Waals surface area contributed by atoms with Crippen LogP contribution in [0.25, 0.3) is 94.2 Å². The molecule has 5 heteroatoms. The van der Waals surface area contributed by atoms with Gasteiger partial charge >= 0.3 is 0 Å². The highest BCUT2D eigenvalue weighted by molar-refractivity contribution is 6.09. The van der Waals surface area contributed by atoms with Gasteiger partial charge in [0.2, 0.25) is 0 Å². The van der Waals surface area contributed by atoms with Crippen LogP contribution in [-0.4, -0.2) is 14.1 Å². The molecular weight excluding hydrogens is 853 g/mol. The number of fused-ring (bicyclic) bond motifs is 9. The van der Waals surface area contributed by atoms with Gasteiger partial charge in [0.1, 0.15) is 17.3 Å². The molecule has 0 unspecified atom stereocenters. The topological polar surface area (TPSA) is 35.9 Å². The van der Waals surface area contributed by atoms with Crippen molar-refractivity contribution in [2.75, 3.05) is 0 Å². The lowest BCUT2D eigenvalue weighted by Crippen LogP contribution is -2.32. The second kappa shape index (κ2) is 16.2. The Morgan fingerprint density at radius 3 is 1.80 bits per heavy atom. The molecule has 0 amide bonds. The highest BCUT2D eigenvalue weighted by atomic mass is 16.5. The normalized spacial score (nSPS) is 12.2. The lowest BCUT2D eigenvalue weighted by Gasteiger charge is -2.23. The summed E-state index contributed by atoms with van der Waals surface area (Å²) >= 11 is 0. The van der Waals surface area contributed by atoms with E-state index in [1.165, 1.54) is 33.2 Å². The van der Waals surface area contributed by atoms with E-state index in [1.54, 1.807) is 0 Å². The molecule has 5 nitrogen and oxygen atoms in total. The van der Waals surface area contributed by atoms with E-state index in [9.17, 15) is 0 Å². The fraction of sp³-hybridized carbons (Fsp3) is 0.0154. The van der Waals surface area contributed by atoms with Crippen molar-refractivity contribution in [1.29, 1.82) is 0 Å². The Morgan fingerprint density at radius 2 is 1.07 bits per heavy atom. The molecule has 328 valence electrons. The minimum absolute atomic E-state index is 0.0596. The molecule has 3 heterocycles. The SMILES string of the molecule is [c-]1n(-c2cccc(Oc3ccc4c5ccccc5n(-c5ccccn5)c4c3)c2)c2ccc3ccccc3c2[n+]1-c1c(-c2ccccc2)cc(C2c3ccccc3-c3ccccc32)cc1-c1ccccc1. The molecule has 0 saturated heterocycles. The summed E-state index contributed by atoms with van der Waals surface area (Å²) in [4.78, 5) is 4.75. The van der Waals surface area contributed by atoms with Crippen molar-refractivity contribution < 1.29 is 9.30 Å². The van der Waals surface area contributed by atoms with Gasteiger partial charge in [-0.05, 0) is 109 Å². The summed E-state index contributed by atoms with van der Waals surface area (Å²) in [6.45, 7) is 0. The Hall–Kier alpha value is -9.32. The van der Waals surface area contributed by atoms with Crippen molar-refractivity contribution in [2.45, 2.75) is 5.92 Å². The molecule has 10 aromatic carbocycles. The molecule has 13 aromatic rings. The van der Waals surface area contributed by atoms with Crippen LogP contribution in [0.2, 0.25) is 0 Å². The monoisotopic (exact) mass is 894 g/mol. The first-order valence-corrected chi connectivity index (χ1v) is 23.8. The number of ether oxygens (including phenoxy) is 1. The van der Waals surface area contributed by atoms with Crippen LogP contribution in [-0.2, 0) is 0 Å². The maximum Gasteiger partial charge on any atom is 0.269 e. The van der Waals surface area contributed by atoms with Crippen molar-refractivity contribution in [2.24, 2.45) is 0 Å². The van der Waals surface area contributed by atoms with Crippen LogP contribution in [0.5, 0.6) is 11.5 Å². The molecule has 0 N–H and O–H groups in total. The van der Waals surface area contributed by atoms with Gasteiger partial charge in [0.25, 0.3) is 6.33 Å². The van der Waals surface area contributed by atoms with E-state index in [0.29, 0.717) is 0 Å². The maximum atomic E-state index is 6.81. The van der Waals surface area contributed by atoms with Gasteiger partial charge in [0, 0.05) is 29.0 Å². The molecule has 1 aliphatic rings. The third-order valence-electron chi connectivity index (χ3n) is 14.1. The van der Waals surface area contributed by atoms with Gasteiger partial charge in [-0.1, -0.05) is 188 Å². The fourth-order valence-electron chi connectivity index (χ4n) is 11.0. The van der Waals surface area contributed by atoms with Crippen molar-refractivity contribution in [3.8, 4) is 62.1 Å². The highest BCUT2D eigenvalue weighted by Crippen LogP contribution is 2.50.